The second-order valence-electron chi connectivity index (χ2n) is 5.65. The van der Waals surface area contributed by atoms with Gasteiger partial charge in [0.2, 0.25) is 0 Å². The van der Waals surface area contributed by atoms with Crippen molar-refractivity contribution < 1.29 is 4.74 Å². The standard InChI is InChI=1S/C17H27ClN4O.HI/c1-4-9-20-17(19-5-2)21-14-8-10-22(12-14)15-11-13(18)6-7-16(15)23-3;/h6-7,11,14H,4-5,8-10,12H2,1-3H3,(H2,19,20,21);1H. The molecule has 1 heterocycles. The molecular weight excluding hydrogens is 439 g/mol. The maximum atomic E-state index is 6.14. The SMILES string of the molecule is CCCN=C(NCC)NC1CCN(c2cc(Cl)ccc2OC)C1.I. The lowest BCUT2D eigenvalue weighted by Gasteiger charge is -2.22. The Morgan fingerprint density at radius 1 is 1.42 bits per heavy atom. The topological polar surface area (TPSA) is 48.9 Å². The Hall–Kier alpha value is -0.890. The summed E-state index contributed by atoms with van der Waals surface area (Å²) in [6.07, 6.45) is 2.11. The van der Waals surface area contributed by atoms with E-state index in [2.05, 4.69) is 34.4 Å². The Bertz CT molecular complexity index is 541. The lowest BCUT2D eigenvalue weighted by Crippen LogP contribution is -2.44. The van der Waals surface area contributed by atoms with Gasteiger partial charge in [-0.15, -0.1) is 24.0 Å². The van der Waals surface area contributed by atoms with Crippen molar-refractivity contribution >= 4 is 47.2 Å². The van der Waals surface area contributed by atoms with Crippen LogP contribution in [0.3, 0.4) is 0 Å². The van der Waals surface area contributed by atoms with Crippen LogP contribution in [0.4, 0.5) is 5.69 Å². The second-order valence-corrected chi connectivity index (χ2v) is 6.09. The number of ether oxygens (including phenoxy) is 1. The lowest BCUT2D eigenvalue weighted by atomic mass is 10.2. The molecule has 1 unspecified atom stereocenters. The van der Waals surface area contributed by atoms with Crippen molar-refractivity contribution in [3.63, 3.8) is 0 Å². The van der Waals surface area contributed by atoms with Gasteiger partial charge in [-0.25, -0.2) is 0 Å². The number of aliphatic imine (C=N–C) groups is 1. The maximum Gasteiger partial charge on any atom is 0.191 e. The van der Waals surface area contributed by atoms with Crippen molar-refractivity contribution in [2.75, 3.05) is 38.2 Å². The van der Waals surface area contributed by atoms with Gasteiger partial charge < -0.3 is 20.3 Å². The van der Waals surface area contributed by atoms with Gasteiger partial charge in [0.25, 0.3) is 0 Å². The zero-order valence-electron chi connectivity index (χ0n) is 14.6. The molecule has 1 fully saturated rings. The van der Waals surface area contributed by atoms with Gasteiger partial charge in [-0.2, -0.15) is 0 Å². The summed E-state index contributed by atoms with van der Waals surface area (Å²) >= 11 is 6.14. The van der Waals surface area contributed by atoms with Crippen LogP contribution in [0, 0.1) is 0 Å². The monoisotopic (exact) mass is 466 g/mol. The highest BCUT2D eigenvalue weighted by Crippen LogP contribution is 2.33. The summed E-state index contributed by atoms with van der Waals surface area (Å²) in [5.74, 6) is 1.76. The first-order chi connectivity index (χ1) is 11.2. The number of rotatable bonds is 6. The highest BCUT2D eigenvalue weighted by molar-refractivity contribution is 14.0. The molecule has 136 valence electrons. The molecule has 24 heavy (non-hydrogen) atoms. The third-order valence-electron chi connectivity index (χ3n) is 3.85. The van der Waals surface area contributed by atoms with Crippen LogP contribution in [-0.4, -0.2) is 45.3 Å². The molecule has 1 aromatic carbocycles. The van der Waals surface area contributed by atoms with E-state index in [0.29, 0.717) is 6.04 Å². The van der Waals surface area contributed by atoms with Gasteiger partial charge in [0.1, 0.15) is 5.75 Å². The van der Waals surface area contributed by atoms with Crippen LogP contribution in [0.2, 0.25) is 5.02 Å². The molecule has 2 N–H and O–H groups in total. The molecule has 2 rings (SSSR count). The minimum absolute atomic E-state index is 0. The van der Waals surface area contributed by atoms with Gasteiger partial charge in [0.05, 0.1) is 12.8 Å². The van der Waals surface area contributed by atoms with Gasteiger partial charge in [0, 0.05) is 37.2 Å². The smallest absolute Gasteiger partial charge is 0.191 e. The Morgan fingerprint density at radius 3 is 2.88 bits per heavy atom. The Labute approximate surface area is 167 Å². The predicted octanol–water partition coefficient (Wildman–Crippen LogP) is 3.51. The molecule has 0 aliphatic carbocycles. The Kier molecular flexibility index (Phi) is 9.58. The first kappa shape index (κ1) is 21.2. The van der Waals surface area contributed by atoms with E-state index in [1.54, 1.807) is 7.11 Å². The van der Waals surface area contributed by atoms with E-state index >= 15 is 0 Å². The van der Waals surface area contributed by atoms with E-state index in [0.717, 1.165) is 61.4 Å². The van der Waals surface area contributed by atoms with Gasteiger partial charge in [-0.05, 0) is 38.0 Å². The van der Waals surface area contributed by atoms with Crippen LogP contribution in [-0.2, 0) is 0 Å². The van der Waals surface area contributed by atoms with Gasteiger partial charge in [-0.1, -0.05) is 18.5 Å². The van der Waals surface area contributed by atoms with E-state index in [9.17, 15) is 0 Å². The molecule has 5 nitrogen and oxygen atoms in total. The van der Waals surface area contributed by atoms with E-state index in [1.807, 2.05) is 18.2 Å². The van der Waals surface area contributed by atoms with Crippen molar-refractivity contribution in [1.82, 2.24) is 10.6 Å². The molecule has 0 amide bonds. The first-order valence-electron chi connectivity index (χ1n) is 8.31. The Balaban J connectivity index is 0.00000288. The summed E-state index contributed by atoms with van der Waals surface area (Å²) in [7, 11) is 1.69. The first-order valence-corrected chi connectivity index (χ1v) is 8.69. The molecule has 7 heteroatoms. The van der Waals surface area contributed by atoms with Crippen LogP contribution in [0.15, 0.2) is 23.2 Å². The third kappa shape index (κ3) is 5.88. The second kappa shape index (κ2) is 10.9. The van der Waals surface area contributed by atoms with Crippen molar-refractivity contribution in [2.45, 2.75) is 32.7 Å². The number of methoxy groups -OCH3 is 1. The molecule has 1 saturated heterocycles. The number of guanidine groups is 1. The molecule has 1 aliphatic heterocycles. The van der Waals surface area contributed by atoms with Crippen LogP contribution in [0.25, 0.3) is 0 Å². The van der Waals surface area contributed by atoms with Crippen LogP contribution < -0.4 is 20.3 Å². The minimum Gasteiger partial charge on any atom is -0.495 e. The predicted molar refractivity (Wildman–Crippen MR) is 113 cm³/mol. The molecule has 0 radical (unpaired) electrons. The number of benzene rings is 1. The van der Waals surface area contributed by atoms with E-state index < -0.39 is 0 Å². The van der Waals surface area contributed by atoms with E-state index in [4.69, 9.17) is 16.3 Å². The Morgan fingerprint density at radius 2 is 2.21 bits per heavy atom. The normalized spacial score (nSPS) is 17.4. The third-order valence-corrected chi connectivity index (χ3v) is 4.08. The summed E-state index contributed by atoms with van der Waals surface area (Å²) < 4.78 is 5.46. The quantitative estimate of drug-likeness (QED) is 0.383. The number of halogens is 2. The fourth-order valence-corrected chi connectivity index (χ4v) is 2.91. The van der Waals surface area contributed by atoms with Crippen molar-refractivity contribution in [1.29, 1.82) is 0 Å². The largest absolute Gasteiger partial charge is 0.495 e. The van der Waals surface area contributed by atoms with Crippen molar-refractivity contribution in [3.8, 4) is 5.75 Å². The molecule has 1 atom stereocenters. The molecule has 1 aromatic rings. The minimum atomic E-state index is 0. The van der Waals surface area contributed by atoms with E-state index in [1.165, 1.54) is 0 Å². The maximum absolute atomic E-state index is 6.14. The van der Waals surface area contributed by atoms with E-state index in [-0.39, 0.29) is 24.0 Å². The van der Waals surface area contributed by atoms with Gasteiger partial charge in [-0.3, -0.25) is 4.99 Å². The number of hydrogen-bond donors (Lipinski definition) is 2. The van der Waals surface area contributed by atoms with Gasteiger partial charge in [0.15, 0.2) is 5.96 Å². The highest BCUT2D eigenvalue weighted by Gasteiger charge is 2.25. The number of nitrogens with zero attached hydrogens (tertiary/aromatic N) is 2. The van der Waals surface area contributed by atoms with Crippen LogP contribution in [0.1, 0.15) is 26.7 Å². The van der Waals surface area contributed by atoms with Crippen LogP contribution >= 0.6 is 35.6 Å². The fourth-order valence-electron chi connectivity index (χ4n) is 2.74. The fraction of sp³-hybridized carbons (Fsp3) is 0.588. The van der Waals surface area contributed by atoms with Crippen molar-refractivity contribution in [2.24, 2.45) is 4.99 Å². The summed E-state index contributed by atoms with van der Waals surface area (Å²) in [6.45, 7) is 7.81. The average molecular weight is 467 g/mol. The summed E-state index contributed by atoms with van der Waals surface area (Å²) in [5, 5.41) is 7.56. The highest BCUT2D eigenvalue weighted by atomic mass is 127. The lowest BCUT2D eigenvalue weighted by molar-refractivity contribution is 0.415. The summed E-state index contributed by atoms with van der Waals surface area (Å²) in [5.41, 5.74) is 1.06. The summed E-state index contributed by atoms with van der Waals surface area (Å²) in [6, 6.07) is 6.12. The zero-order chi connectivity index (χ0) is 16.7. The average Bonchev–Trinajstić information content (AvgIpc) is 3.01. The molecule has 0 saturated carbocycles. The van der Waals surface area contributed by atoms with Gasteiger partial charge >= 0.3 is 0 Å². The zero-order valence-corrected chi connectivity index (χ0v) is 17.7. The molecule has 0 aromatic heterocycles. The molecular formula is C17H28ClIN4O. The number of hydrogen-bond acceptors (Lipinski definition) is 3. The number of anilines is 1. The molecule has 0 bridgehead atoms. The number of nitrogens with one attached hydrogen (secondary N) is 2. The van der Waals surface area contributed by atoms with Crippen molar-refractivity contribution in [3.05, 3.63) is 23.2 Å². The molecule has 1 aliphatic rings. The van der Waals surface area contributed by atoms with Crippen LogP contribution in [0.5, 0.6) is 5.75 Å². The summed E-state index contributed by atoms with van der Waals surface area (Å²) in [4.78, 5) is 6.88. The molecule has 0 spiro atoms.